The summed E-state index contributed by atoms with van der Waals surface area (Å²) in [4.78, 5) is 27.4. The molecule has 2 aromatic heterocycles. The number of nitrogens with zero attached hydrogens (tertiary/aromatic N) is 4. The summed E-state index contributed by atoms with van der Waals surface area (Å²) in [5.74, 6) is -0.414. The first-order valence-corrected chi connectivity index (χ1v) is 7.32. The number of amides is 1. The lowest BCUT2D eigenvalue weighted by atomic mass is 10.1. The van der Waals surface area contributed by atoms with E-state index < -0.39 is 10.8 Å². The maximum atomic E-state index is 12.5. The van der Waals surface area contributed by atoms with Gasteiger partial charge in [0.25, 0.3) is 11.6 Å². The first-order valence-electron chi connectivity index (χ1n) is 7.32. The summed E-state index contributed by atoms with van der Waals surface area (Å²) >= 11 is 0. The van der Waals surface area contributed by atoms with Gasteiger partial charge in [0.2, 0.25) is 0 Å². The number of anilines is 1. The van der Waals surface area contributed by atoms with Gasteiger partial charge in [0, 0.05) is 36.5 Å². The van der Waals surface area contributed by atoms with Gasteiger partial charge in [0.15, 0.2) is 0 Å². The number of hydrogen-bond acceptors (Lipinski definition) is 5. The molecule has 2 heterocycles. The Morgan fingerprint density at radius 2 is 2.12 bits per heavy atom. The highest BCUT2D eigenvalue weighted by molar-refractivity contribution is 6.08. The molecule has 8 heteroatoms. The number of aryl methyl sites for hydroxylation is 2. The third-order valence-electron chi connectivity index (χ3n) is 3.75. The molecule has 1 N–H and O–H groups in total. The van der Waals surface area contributed by atoms with Crippen LogP contribution in [0.15, 0.2) is 36.5 Å². The third-order valence-corrected chi connectivity index (χ3v) is 3.75. The van der Waals surface area contributed by atoms with E-state index in [1.54, 1.807) is 36.9 Å². The number of fused-ring (bicyclic) bond motifs is 1. The van der Waals surface area contributed by atoms with Crippen LogP contribution in [0.3, 0.4) is 0 Å². The maximum absolute atomic E-state index is 12.5. The number of aromatic nitrogens is 2. The fraction of sp³-hybridized carbons (Fsp3) is 0.118. The number of nitro benzene ring substituents is 1. The summed E-state index contributed by atoms with van der Waals surface area (Å²) in [5.41, 5.74) is 2.24. The van der Waals surface area contributed by atoms with Crippen LogP contribution >= 0.6 is 0 Å². The van der Waals surface area contributed by atoms with Gasteiger partial charge >= 0.3 is 0 Å². The van der Waals surface area contributed by atoms with Crippen LogP contribution in [0.2, 0.25) is 0 Å². The van der Waals surface area contributed by atoms with Crippen molar-refractivity contribution in [3.8, 4) is 6.07 Å². The van der Waals surface area contributed by atoms with E-state index in [1.807, 2.05) is 6.07 Å². The van der Waals surface area contributed by atoms with Gasteiger partial charge in [-0.15, -0.1) is 0 Å². The number of hydrogen-bond donors (Lipinski definition) is 1. The molecule has 0 atom stereocenters. The molecule has 0 saturated carbocycles. The molecule has 124 valence electrons. The molecule has 0 unspecified atom stereocenters. The normalized spacial score (nSPS) is 10.4. The van der Waals surface area contributed by atoms with Crippen LogP contribution in [0.4, 0.5) is 11.4 Å². The second-order valence-electron chi connectivity index (χ2n) is 5.56. The minimum absolute atomic E-state index is 0.0840. The van der Waals surface area contributed by atoms with Crippen molar-refractivity contribution in [1.82, 2.24) is 9.55 Å². The molecule has 0 fully saturated rings. The fourth-order valence-corrected chi connectivity index (χ4v) is 2.60. The van der Waals surface area contributed by atoms with E-state index in [1.165, 1.54) is 18.2 Å². The van der Waals surface area contributed by atoms with Crippen LogP contribution in [0.25, 0.3) is 10.9 Å². The van der Waals surface area contributed by atoms with Crippen LogP contribution in [0, 0.1) is 28.4 Å². The number of benzene rings is 1. The Labute approximate surface area is 142 Å². The van der Waals surface area contributed by atoms with Gasteiger partial charge in [0.1, 0.15) is 11.8 Å². The summed E-state index contributed by atoms with van der Waals surface area (Å²) in [7, 11) is 1.66. The minimum atomic E-state index is -0.499. The smallest absolute Gasteiger partial charge is 0.272 e. The fourth-order valence-electron chi connectivity index (χ4n) is 2.60. The van der Waals surface area contributed by atoms with E-state index in [0.29, 0.717) is 33.5 Å². The topological polar surface area (TPSA) is 114 Å². The number of nitrogens with one attached hydrogen (secondary N) is 1. The van der Waals surface area contributed by atoms with E-state index in [-0.39, 0.29) is 5.69 Å². The molecule has 0 aliphatic heterocycles. The van der Waals surface area contributed by atoms with Gasteiger partial charge in [-0.3, -0.25) is 19.9 Å². The van der Waals surface area contributed by atoms with Gasteiger partial charge < -0.3 is 9.88 Å². The van der Waals surface area contributed by atoms with Crippen molar-refractivity contribution in [3.63, 3.8) is 0 Å². The monoisotopic (exact) mass is 335 g/mol. The number of carbonyl (C=O) groups excluding carboxylic acids is 1. The van der Waals surface area contributed by atoms with Crippen LogP contribution in [-0.2, 0) is 7.05 Å². The van der Waals surface area contributed by atoms with Crippen molar-refractivity contribution in [2.75, 3.05) is 5.32 Å². The zero-order valence-corrected chi connectivity index (χ0v) is 13.5. The van der Waals surface area contributed by atoms with Crippen LogP contribution in [0.1, 0.15) is 21.7 Å². The van der Waals surface area contributed by atoms with E-state index in [0.717, 1.165) is 0 Å². The number of carbonyl (C=O) groups is 1. The first-order chi connectivity index (χ1) is 11.9. The standard InChI is InChI=1S/C17H13N5O3/c1-10-5-15(13-7-12(22(24)25)3-4-14(13)19-10)20-17(23)16-6-11(8-18)9-21(16)2/h3-7,9H,1-2H3,(H,19,20,23). The third kappa shape index (κ3) is 3.03. The summed E-state index contributed by atoms with van der Waals surface area (Å²) in [5, 5.41) is 23.2. The Morgan fingerprint density at radius 1 is 1.36 bits per heavy atom. The lowest BCUT2D eigenvalue weighted by Crippen LogP contribution is -2.15. The molecule has 8 nitrogen and oxygen atoms in total. The number of rotatable bonds is 3. The summed E-state index contributed by atoms with van der Waals surface area (Å²) in [6.07, 6.45) is 1.55. The zero-order valence-electron chi connectivity index (χ0n) is 13.5. The van der Waals surface area contributed by atoms with Crippen molar-refractivity contribution in [2.45, 2.75) is 6.92 Å². The second kappa shape index (κ2) is 6.05. The number of nitro groups is 1. The molecule has 0 aliphatic rings. The molecule has 0 spiro atoms. The molecule has 0 bridgehead atoms. The van der Waals surface area contributed by atoms with E-state index in [9.17, 15) is 14.9 Å². The molecular formula is C17H13N5O3. The average Bonchev–Trinajstić information content (AvgIpc) is 2.95. The Kier molecular flexibility index (Phi) is 3.91. The SMILES string of the molecule is Cc1cc(NC(=O)c2cc(C#N)cn2C)c2cc([N+](=O)[O-])ccc2n1. The van der Waals surface area contributed by atoms with E-state index in [2.05, 4.69) is 10.3 Å². The summed E-state index contributed by atoms with van der Waals surface area (Å²) < 4.78 is 1.55. The highest BCUT2D eigenvalue weighted by atomic mass is 16.6. The quantitative estimate of drug-likeness (QED) is 0.584. The first kappa shape index (κ1) is 16.1. The van der Waals surface area contributed by atoms with Crippen LogP contribution in [-0.4, -0.2) is 20.4 Å². The molecule has 3 aromatic rings. The highest BCUT2D eigenvalue weighted by Gasteiger charge is 2.16. The van der Waals surface area contributed by atoms with Crippen LogP contribution < -0.4 is 5.32 Å². The molecule has 3 rings (SSSR count). The Hall–Kier alpha value is -3.73. The van der Waals surface area contributed by atoms with Gasteiger partial charge in [0.05, 0.1) is 21.7 Å². The van der Waals surface area contributed by atoms with Crippen molar-refractivity contribution < 1.29 is 9.72 Å². The highest BCUT2D eigenvalue weighted by Crippen LogP contribution is 2.27. The predicted octanol–water partition coefficient (Wildman–Crippen LogP) is 2.91. The lowest BCUT2D eigenvalue weighted by Gasteiger charge is -2.10. The Balaban J connectivity index is 2.06. The largest absolute Gasteiger partial charge is 0.345 e. The molecule has 0 aliphatic carbocycles. The minimum Gasteiger partial charge on any atom is -0.345 e. The Bertz CT molecular complexity index is 1060. The van der Waals surface area contributed by atoms with E-state index in [4.69, 9.17) is 5.26 Å². The molecule has 1 aromatic carbocycles. The number of pyridine rings is 1. The molecule has 1 amide bonds. The lowest BCUT2D eigenvalue weighted by molar-refractivity contribution is -0.384. The van der Waals surface area contributed by atoms with Gasteiger partial charge in [-0.25, -0.2) is 0 Å². The van der Waals surface area contributed by atoms with Crippen molar-refractivity contribution in [3.05, 3.63) is 63.6 Å². The van der Waals surface area contributed by atoms with Gasteiger partial charge in [-0.05, 0) is 25.1 Å². The summed E-state index contributed by atoms with van der Waals surface area (Å²) in [6, 6.07) is 9.41. The summed E-state index contributed by atoms with van der Waals surface area (Å²) in [6.45, 7) is 1.77. The number of non-ortho nitro benzene ring substituents is 1. The van der Waals surface area contributed by atoms with E-state index >= 15 is 0 Å². The second-order valence-corrected chi connectivity index (χ2v) is 5.56. The maximum Gasteiger partial charge on any atom is 0.272 e. The molecular weight excluding hydrogens is 322 g/mol. The number of nitriles is 1. The van der Waals surface area contributed by atoms with Crippen LogP contribution in [0.5, 0.6) is 0 Å². The van der Waals surface area contributed by atoms with Crippen molar-refractivity contribution >= 4 is 28.2 Å². The molecule has 25 heavy (non-hydrogen) atoms. The molecule has 0 saturated heterocycles. The molecule has 0 radical (unpaired) electrons. The predicted molar refractivity (Wildman–Crippen MR) is 91.2 cm³/mol. The van der Waals surface area contributed by atoms with Crippen molar-refractivity contribution in [2.24, 2.45) is 7.05 Å². The van der Waals surface area contributed by atoms with Gasteiger partial charge in [-0.2, -0.15) is 5.26 Å². The zero-order chi connectivity index (χ0) is 18.1. The average molecular weight is 335 g/mol. The van der Waals surface area contributed by atoms with Crippen molar-refractivity contribution in [1.29, 1.82) is 5.26 Å². The van der Waals surface area contributed by atoms with Gasteiger partial charge in [-0.1, -0.05) is 0 Å². The Morgan fingerprint density at radius 3 is 2.76 bits per heavy atom.